The second kappa shape index (κ2) is 6.14. The summed E-state index contributed by atoms with van der Waals surface area (Å²) in [6.07, 6.45) is -1.63. The smallest absolute Gasteiger partial charge is 0.331 e. The van der Waals surface area contributed by atoms with Crippen LogP contribution in [-0.2, 0) is 12.7 Å². The Morgan fingerprint density at radius 1 is 1.17 bits per heavy atom. The van der Waals surface area contributed by atoms with E-state index in [1.54, 1.807) is 0 Å². The third kappa shape index (κ3) is 3.34. The second-order valence-corrected chi connectivity index (χ2v) is 5.73. The molecule has 1 heterocycles. The van der Waals surface area contributed by atoms with E-state index in [4.69, 9.17) is 0 Å². The molecule has 1 amide bonds. The van der Waals surface area contributed by atoms with Gasteiger partial charge < -0.3 is 9.88 Å². The van der Waals surface area contributed by atoms with E-state index in [1.165, 1.54) is 41.4 Å². The maximum atomic E-state index is 13.1. The molecule has 24 heavy (non-hydrogen) atoms. The van der Waals surface area contributed by atoms with Crippen LogP contribution >= 0.6 is 0 Å². The number of alkyl halides is 3. The SMILES string of the molecule is O=C(c1ccc[nH]c1=O)N(Cc1ccccc1C(F)(F)F)C1CC1. The van der Waals surface area contributed by atoms with Crippen LogP contribution in [-0.4, -0.2) is 21.8 Å². The monoisotopic (exact) mass is 336 g/mol. The minimum atomic E-state index is -4.49. The third-order valence-corrected chi connectivity index (χ3v) is 3.96. The number of carbonyl (C=O) groups is 1. The Balaban J connectivity index is 1.93. The molecule has 0 spiro atoms. The lowest BCUT2D eigenvalue weighted by Gasteiger charge is -2.24. The molecule has 0 radical (unpaired) electrons. The van der Waals surface area contributed by atoms with Gasteiger partial charge in [0.15, 0.2) is 0 Å². The maximum Gasteiger partial charge on any atom is 0.416 e. The topological polar surface area (TPSA) is 53.2 Å². The number of nitrogens with one attached hydrogen (secondary N) is 1. The van der Waals surface area contributed by atoms with Crippen molar-refractivity contribution in [1.82, 2.24) is 9.88 Å². The molecule has 0 bridgehead atoms. The molecule has 0 saturated heterocycles. The second-order valence-electron chi connectivity index (χ2n) is 5.73. The number of amides is 1. The number of H-pyrrole nitrogens is 1. The Hall–Kier alpha value is -2.57. The molecular formula is C17H15F3N2O2. The highest BCUT2D eigenvalue weighted by molar-refractivity contribution is 5.94. The van der Waals surface area contributed by atoms with Crippen molar-refractivity contribution >= 4 is 5.91 Å². The molecule has 1 saturated carbocycles. The summed E-state index contributed by atoms with van der Waals surface area (Å²) in [5.41, 5.74) is -1.34. The predicted octanol–water partition coefficient (Wildman–Crippen LogP) is 3.20. The summed E-state index contributed by atoms with van der Waals surface area (Å²) >= 11 is 0. The number of hydrogen-bond acceptors (Lipinski definition) is 2. The average molecular weight is 336 g/mol. The first kappa shape index (κ1) is 16.3. The van der Waals surface area contributed by atoms with Crippen LogP contribution in [0.5, 0.6) is 0 Å². The summed E-state index contributed by atoms with van der Waals surface area (Å²) in [7, 11) is 0. The van der Waals surface area contributed by atoms with Crippen LogP contribution in [0.2, 0.25) is 0 Å². The van der Waals surface area contributed by atoms with Gasteiger partial charge in [0.05, 0.1) is 5.56 Å². The van der Waals surface area contributed by atoms with E-state index in [1.807, 2.05) is 0 Å². The number of nitrogens with zero attached hydrogens (tertiary/aromatic N) is 1. The van der Waals surface area contributed by atoms with Crippen molar-refractivity contribution in [1.29, 1.82) is 0 Å². The number of pyridine rings is 1. The largest absolute Gasteiger partial charge is 0.416 e. The van der Waals surface area contributed by atoms with Gasteiger partial charge in [0.2, 0.25) is 0 Å². The lowest BCUT2D eigenvalue weighted by atomic mass is 10.1. The van der Waals surface area contributed by atoms with Gasteiger partial charge in [-0.1, -0.05) is 18.2 Å². The van der Waals surface area contributed by atoms with Crippen LogP contribution in [0, 0.1) is 0 Å². The first-order valence-corrected chi connectivity index (χ1v) is 7.51. The van der Waals surface area contributed by atoms with Crippen molar-refractivity contribution in [3.8, 4) is 0 Å². The number of aromatic amines is 1. The number of hydrogen-bond donors (Lipinski definition) is 1. The van der Waals surface area contributed by atoms with Crippen LogP contribution in [0.3, 0.4) is 0 Å². The van der Waals surface area contributed by atoms with Crippen LogP contribution < -0.4 is 5.56 Å². The molecule has 1 fully saturated rings. The van der Waals surface area contributed by atoms with E-state index >= 15 is 0 Å². The molecule has 1 aromatic carbocycles. The minimum Gasteiger partial charge on any atom is -0.331 e. The highest BCUT2D eigenvalue weighted by Crippen LogP contribution is 2.35. The van der Waals surface area contributed by atoms with E-state index < -0.39 is 23.2 Å². The van der Waals surface area contributed by atoms with Gasteiger partial charge in [0.1, 0.15) is 5.56 Å². The number of benzene rings is 1. The van der Waals surface area contributed by atoms with E-state index in [9.17, 15) is 22.8 Å². The van der Waals surface area contributed by atoms with E-state index in [-0.39, 0.29) is 23.7 Å². The number of halogens is 3. The molecule has 1 N–H and O–H groups in total. The molecule has 2 aromatic rings. The molecule has 0 aliphatic heterocycles. The Kier molecular flexibility index (Phi) is 4.17. The van der Waals surface area contributed by atoms with Gasteiger partial charge in [-0.3, -0.25) is 9.59 Å². The standard InChI is InChI=1S/C17H15F3N2O2/c18-17(19,20)14-6-2-1-4-11(14)10-22(12-7-8-12)16(24)13-5-3-9-21-15(13)23/h1-6,9,12H,7-8,10H2,(H,21,23). The zero-order valence-corrected chi connectivity index (χ0v) is 12.6. The fourth-order valence-corrected chi connectivity index (χ4v) is 2.62. The summed E-state index contributed by atoms with van der Waals surface area (Å²) in [5, 5.41) is 0. The van der Waals surface area contributed by atoms with Crippen molar-refractivity contribution in [2.45, 2.75) is 31.6 Å². The Bertz CT molecular complexity index is 810. The predicted molar refractivity (Wildman–Crippen MR) is 81.4 cm³/mol. The molecule has 4 nitrogen and oxygen atoms in total. The molecule has 7 heteroatoms. The van der Waals surface area contributed by atoms with Gasteiger partial charge in [-0.25, -0.2) is 0 Å². The molecule has 3 rings (SSSR count). The number of aromatic nitrogens is 1. The highest BCUT2D eigenvalue weighted by atomic mass is 19.4. The fourth-order valence-electron chi connectivity index (χ4n) is 2.62. The normalized spacial score (nSPS) is 14.5. The van der Waals surface area contributed by atoms with Crippen molar-refractivity contribution in [3.63, 3.8) is 0 Å². The minimum absolute atomic E-state index is 0.0256. The van der Waals surface area contributed by atoms with Crippen molar-refractivity contribution in [2.75, 3.05) is 0 Å². The summed E-state index contributed by atoms with van der Waals surface area (Å²) in [5.74, 6) is -0.545. The summed E-state index contributed by atoms with van der Waals surface area (Å²) in [6, 6.07) is 7.96. The summed E-state index contributed by atoms with van der Waals surface area (Å²) in [4.78, 5) is 28.2. The molecule has 1 aliphatic rings. The lowest BCUT2D eigenvalue weighted by Crippen LogP contribution is -2.36. The van der Waals surface area contributed by atoms with E-state index in [0.717, 1.165) is 18.9 Å². The van der Waals surface area contributed by atoms with Crippen LogP contribution in [0.15, 0.2) is 47.4 Å². The first-order valence-electron chi connectivity index (χ1n) is 7.51. The van der Waals surface area contributed by atoms with Crippen LogP contribution in [0.25, 0.3) is 0 Å². The quantitative estimate of drug-likeness (QED) is 0.932. The number of rotatable bonds is 4. The lowest BCUT2D eigenvalue weighted by molar-refractivity contribution is -0.138. The Morgan fingerprint density at radius 3 is 2.50 bits per heavy atom. The summed E-state index contributed by atoms with van der Waals surface area (Å²) in [6.45, 7) is -0.173. The van der Waals surface area contributed by atoms with Gasteiger partial charge in [-0.2, -0.15) is 13.2 Å². The molecule has 1 aromatic heterocycles. The van der Waals surface area contributed by atoms with Gasteiger partial charge in [-0.15, -0.1) is 0 Å². The average Bonchev–Trinajstić information content (AvgIpc) is 3.36. The van der Waals surface area contributed by atoms with E-state index in [2.05, 4.69) is 4.98 Å². The van der Waals surface area contributed by atoms with Crippen molar-refractivity contribution in [3.05, 3.63) is 69.6 Å². The zero-order valence-electron chi connectivity index (χ0n) is 12.6. The highest BCUT2D eigenvalue weighted by Gasteiger charge is 2.37. The van der Waals surface area contributed by atoms with E-state index in [0.29, 0.717) is 0 Å². The number of carbonyl (C=O) groups excluding carboxylic acids is 1. The zero-order chi connectivity index (χ0) is 17.3. The van der Waals surface area contributed by atoms with Gasteiger partial charge in [0.25, 0.3) is 11.5 Å². The maximum absolute atomic E-state index is 13.1. The van der Waals surface area contributed by atoms with Crippen LogP contribution in [0.1, 0.15) is 34.3 Å². The van der Waals surface area contributed by atoms with Crippen LogP contribution in [0.4, 0.5) is 13.2 Å². The molecular weight excluding hydrogens is 321 g/mol. The fraction of sp³-hybridized carbons (Fsp3) is 0.294. The van der Waals surface area contributed by atoms with Gasteiger partial charge in [0, 0.05) is 18.8 Å². The molecule has 0 unspecified atom stereocenters. The molecule has 126 valence electrons. The third-order valence-electron chi connectivity index (χ3n) is 3.96. The van der Waals surface area contributed by atoms with Gasteiger partial charge >= 0.3 is 6.18 Å². The Labute approximate surface area is 135 Å². The van der Waals surface area contributed by atoms with Gasteiger partial charge in [-0.05, 0) is 36.6 Å². The summed E-state index contributed by atoms with van der Waals surface area (Å²) < 4.78 is 39.4. The van der Waals surface area contributed by atoms with Crippen molar-refractivity contribution < 1.29 is 18.0 Å². The molecule has 0 atom stereocenters. The van der Waals surface area contributed by atoms with Crippen molar-refractivity contribution in [2.24, 2.45) is 0 Å². The Morgan fingerprint density at radius 2 is 1.88 bits per heavy atom. The first-order chi connectivity index (χ1) is 11.4. The molecule has 1 aliphatic carbocycles.